The Hall–Kier alpha value is -5.97. The summed E-state index contributed by atoms with van der Waals surface area (Å²) in [5, 5.41) is 5.30. The summed E-state index contributed by atoms with van der Waals surface area (Å²) >= 11 is 1.91. The molecule has 0 fully saturated rings. The molecule has 9 aromatic rings. The summed E-state index contributed by atoms with van der Waals surface area (Å²) in [4.78, 5) is 14.8. The fourth-order valence-electron chi connectivity index (χ4n) is 8.25. The quantitative estimate of drug-likeness (QED) is 0.184. The molecule has 10 rings (SSSR count). The molecule has 1 aliphatic rings. The van der Waals surface area contributed by atoms with Gasteiger partial charge in [0, 0.05) is 36.9 Å². The van der Waals surface area contributed by atoms with Crippen molar-refractivity contribution < 1.29 is 0 Å². The molecule has 0 bridgehead atoms. The van der Waals surface area contributed by atoms with Gasteiger partial charge in [-0.25, -0.2) is 15.0 Å². The van der Waals surface area contributed by atoms with E-state index in [-0.39, 0.29) is 10.8 Å². The lowest BCUT2D eigenvalue weighted by molar-refractivity contribution is 0.299. The van der Waals surface area contributed by atoms with Crippen LogP contribution in [0, 0.1) is 0 Å². The van der Waals surface area contributed by atoms with Crippen molar-refractivity contribution in [3.8, 4) is 56.4 Å². The van der Waals surface area contributed by atoms with Gasteiger partial charge in [-0.2, -0.15) is 0 Å². The fraction of sp³-hybridized carbons (Fsp3) is 0.122. The van der Waals surface area contributed by atoms with E-state index in [1.54, 1.807) is 0 Å². The summed E-state index contributed by atoms with van der Waals surface area (Å²) in [7, 11) is 0. The summed E-state index contributed by atoms with van der Waals surface area (Å²) in [6, 6.07) is 54.4. The van der Waals surface area contributed by atoms with Gasteiger partial charge in [0.15, 0.2) is 17.5 Å². The van der Waals surface area contributed by atoms with Crippen LogP contribution in [-0.2, 0) is 10.8 Å². The van der Waals surface area contributed by atoms with Crippen LogP contribution >= 0.6 is 11.3 Å². The lowest BCUT2D eigenvalue weighted by Gasteiger charge is -2.48. The summed E-state index contributed by atoms with van der Waals surface area (Å²) in [6.45, 7) is 9.67. The molecule has 2 heterocycles. The molecule has 2 aromatic heterocycles. The summed E-state index contributed by atoms with van der Waals surface area (Å²) in [6.07, 6.45) is 0. The highest BCUT2D eigenvalue weighted by atomic mass is 32.1. The van der Waals surface area contributed by atoms with Crippen molar-refractivity contribution in [3.05, 3.63) is 163 Å². The van der Waals surface area contributed by atoms with E-state index in [0.717, 1.165) is 22.3 Å². The zero-order chi connectivity index (χ0) is 35.9. The second kappa shape index (κ2) is 11.8. The third kappa shape index (κ3) is 4.97. The molecule has 0 N–H and O–H groups in total. The van der Waals surface area contributed by atoms with Gasteiger partial charge in [0.1, 0.15) is 0 Å². The van der Waals surface area contributed by atoms with Crippen molar-refractivity contribution in [3.63, 3.8) is 0 Å². The highest BCUT2D eigenvalue weighted by molar-refractivity contribution is 7.26. The predicted molar refractivity (Wildman–Crippen MR) is 223 cm³/mol. The minimum Gasteiger partial charge on any atom is -0.208 e. The molecule has 3 nitrogen and oxygen atoms in total. The minimum absolute atomic E-state index is 0.0699. The van der Waals surface area contributed by atoms with Gasteiger partial charge in [0.25, 0.3) is 0 Å². The van der Waals surface area contributed by atoms with Crippen LogP contribution in [0.4, 0.5) is 0 Å². The summed E-state index contributed by atoms with van der Waals surface area (Å²) < 4.78 is 2.68. The normalized spacial score (nSPS) is 14.3. The number of fused-ring (bicyclic) bond motifs is 8. The number of benzene rings is 7. The molecule has 0 saturated heterocycles. The first-order chi connectivity index (χ1) is 25.8. The Morgan fingerprint density at radius 1 is 0.415 bits per heavy atom. The Bertz CT molecular complexity index is 2810. The summed E-state index contributed by atoms with van der Waals surface area (Å²) in [5.74, 6) is 1.99. The van der Waals surface area contributed by atoms with E-state index in [1.807, 2.05) is 72.0 Å². The molecule has 0 unspecified atom stereocenters. The Morgan fingerprint density at radius 2 is 0.906 bits per heavy atom. The molecule has 0 saturated carbocycles. The number of hydrogen-bond donors (Lipinski definition) is 0. The van der Waals surface area contributed by atoms with Crippen LogP contribution in [0.3, 0.4) is 0 Å². The van der Waals surface area contributed by atoms with Crippen LogP contribution in [-0.4, -0.2) is 15.0 Å². The van der Waals surface area contributed by atoms with E-state index in [0.29, 0.717) is 17.5 Å². The second-order valence-corrected chi connectivity index (χ2v) is 16.4. The highest BCUT2D eigenvalue weighted by Crippen LogP contribution is 2.57. The van der Waals surface area contributed by atoms with E-state index < -0.39 is 0 Å². The van der Waals surface area contributed by atoms with Crippen LogP contribution in [0.15, 0.2) is 152 Å². The molecule has 254 valence electrons. The molecule has 0 radical (unpaired) electrons. The largest absolute Gasteiger partial charge is 0.208 e. The first-order valence-electron chi connectivity index (χ1n) is 18.3. The standard InChI is InChI=1S/C49H37N3S/c1-48(2)39-24-23-36(27-37(39)43-40(49(48,3)4)25-26-41-44(43)38-28-34-17-11-12-18-35(34)29-42(38)53-41)30-19-21-33(22-20-30)47-51-45(31-13-7-5-8-14-31)50-46(52-47)32-15-9-6-10-16-32/h5-29H,1-4H3. The first-order valence-corrected chi connectivity index (χ1v) is 19.1. The Kier molecular flexibility index (Phi) is 7.05. The van der Waals surface area contributed by atoms with Crippen molar-refractivity contribution in [2.45, 2.75) is 38.5 Å². The second-order valence-electron chi connectivity index (χ2n) is 15.3. The maximum atomic E-state index is 4.96. The Balaban J connectivity index is 1.12. The van der Waals surface area contributed by atoms with Crippen LogP contribution in [0.25, 0.3) is 87.4 Å². The average Bonchev–Trinajstić information content (AvgIpc) is 3.57. The zero-order valence-corrected chi connectivity index (χ0v) is 31.0. The lowest BCUT2D eigenvalue weighted by Crippen LogP contribution is -2.43. The van der Waals surface area contributed by atoms with Gasteiger partial charge in [0.2, 0.25) is 0 Å². The maximum absolute atomic E-state index is 4.96. The zero-order valence-electron chi connectivity index (χ0n) is 30.2. The molecule has 0 atom stereocenters. The fourth-order valence-corrected chi connectivity index (χ4v) is 9.40. The first kappa shape index (κ1) is 31.7. The van der Waals surface area contributed by atoms with Crippen LogP contribution in [0.2, 0.25) is 0 Å². The van der Waals surface area contributed by atoms with Gasteiger partial charge in [-0.1, -0.05) is 155 Å². The Morgan fingerprint density at radius 3 is 1.53 bits per heavy atom. The van der Waals surface area contributed by atoms with Gasteiger partial charge in [-0.15, -0.1) is 11.3 Å². The SMILES string of the molecule is CC1(C)c2ccc(-c3ccc(-c4nc(-c5ccccc5)nc(-c5ccccc5)n4)cc3)cc2-c2c(ccc3sc4cc5ccccc5cc4c23)C1(C)C. The van der Waals surface area contributed by atoms with Crippen LogP contribution in [0.1, 0.15) is 38.8 Å². The lowest BCUT2D eigenvalue weighted by atomic mass is 9.55. The van der Waals surface area contributed by atoms with E-state index in [4.69, 9.17) is 15.0 Å². The Labute approximate surface area is 313 Å². The van der Waals surface area contributed by atoms with Crippen LogP contribution in [0.5, 0.6) is 0 Å². The van der Waals surface area contributed by atoms with Crippen molar-refractivity contribution in [2.75, 3.05) is 0 Å². The topological polar surface area (TPSA) is 38.7 Å². The third-order valence-corrected chi connectivity index (χ3v) is 13.0. The van der Waals surface area contributed by atoms with Crippen molar-refractivity contribution >= 4 is 42.3 Å². The number of rotatable bonds is 4. The van der Waals surface area contributed by atoms with Gasteiger partial charge < -0.3 is 0 Å². The minimum atomic E-state index is -0.0739. The van der Waals surface area contributed by atoms with E-state index >= 15 is 0 Å². The molecular formula is C49H37N3S. The molecular weight excluding hydrogens is 663 g/mol. The molecule has 0 aliphatic heterocycles. The van der Waals surface area contributed by atoms with Crippen LogP contribution < -0.4 is 0 Å². The summed E-state index contributed by atoms with van der Waals surface area (Å²) in [5.41, 5.74) is 10.6. The van der Waals surface area contributed by atoms with Gasteiger partial charge in [-0.05, 0) is 79.2 Å². The van der Waals surface area contributed by atoms with Gasteiger partial charge in [-0.3, -0.25) is 0 Å². The average molecular weight is 700 g/mol. The van der Waals surface area contributed by atoms with E-state index in [9.17, 15) is 0 Å². The molecule has 0 spiro atoms. The number of hydrogen-bond acceptors (Lipinski definition) is 4. The van der Waals surface area contributed by atoms with Gasteiger partial charge >= 0.3 is 0 Å². The maximum Gasteiger partial charge on any atom is 0.164 e. The highest BCUT2D eigenvalue weighted by Gasteiger charge is 2.46. The predicted octanol–water partition coefficient (Wildman–Crippen LogP) is 13.3. The molecule has 53 heavy (non-hydrogen) atoms. The molecule has 7 aromatic carbocycles. The van der Waals surface area contributed by atoms with E-state index in [1.165, 1.54) is 58.8 Å². The third-order valence-electron chi connectivity index (χ3n) is 11.9. The number of nitrogens with zero attached hydrogens (tertiary/aromatic N) is 3. The van der Waals surface area contributed by atoms with Crippen molar-refractivity contribution in [1.29, 1.82) is 0 Å². The molecule has 4 heteroatoms. The van der Waals surface area contributed by atoms with Gasteiger partial charge in [0.05, 0.1) is 0 Å². The smallest absolute Gasteiger partial charge is 0.164 e. The number of aromatic nitrogens is 3. The monoisotopic (exact) mass is 699 g/mol. The van der Waals surface area contributed by atoms with Crippen molar-refractivity contribution in [1.82, 2.24) is 15.0 Å². The van der Waals surface area contributed by atoms with E-state index in [2.05, 4.69) is 119 Å². The number of thiophene rings is 1. The molecule has 0 amide bonds. The molecule has 1 aliphatic carbocycles. The van der Waals surface area contributed by atoms with Crippen molar-refractivity contribution in [2.24, 2.45) is 0 Å².